The number of carbonyl (C=O) groups is 1. The third-order valence-corrected chi connectivity index (χ3v) is 1.28. The molecule has 0 aromatic heterocycles. The SMILES string of the molecule is CCOC(=O)C(N)C(C)C. The van der Waals surface area contributed by atoms with Crippen LogP contribution in [0, 0.1) is 5.92 Å². The quantitative estimate of drug-likeness (QED) is 0.589. The Morgan fingerprint density at radius 3 is 2.40 bits per heavy atom. The smallest absolute Gasteiger partial charge is 0.323 e. The molecule has 0 aliphatic heterocycles. The first-order chi connectivity index (χ1) is 4.59. The average molecular weight is 145 g/mol. The van der Waals surface area contributed by atoms with Crippen LogP contribution in [0.15, 0.2) is 0 Å². The normalized spacial score (nSPS) is 13.3. The zero-order chi connectivity index (χ0) is 8.15. The van der Waals surface area contributed by atoms with Crippen molar-refractivity contribution in [2.45, 2.75) is 26.8 Å². The average Bonchev–Trinajstić information content (AvgIpc) is 1.87. The van der Waals surface area contributed by atoms with Gasteiger partial charge < -0.3 is 10.5 Å². The monoisotopic (exact) mass is 145 g/mol. The molecule has 0 spiro atoms. The van der Waals surface area contributed by atoms with Crippen LogP contribution in [0.2, 0.25) is 0 Å². The highest BCUT2D eigenvalue weighted by atomic mass is 16.5. The van der Waals surface area contributed by atoms with Gasteiger partial charge in [0.25, 0.3) is 0 Å². The Kier molecular flexibility index (Phi) is 4.03. The van der Waals surface area contributed by atoms with E-state index in [0.29, 0.717) is 6.61 Å². The number of ether oxygens (including phenoxy) is 1. The second-order valence-electron chi connectivity index (χ2n) is 2.52. The van der Waals surface area contributed by atoms with E-state index in [9.17, 15) is 4.79 Å². The lowest BCUT2D eigenvalue weighted by Crippen LogP contribution is -2.36. The van der Waals surface area contributed by atoms with Crippen molar-refractivity contribution in [3.63, 3.8) is 0 Å². The summed E-state index contributed by atoms with van der Waals surface area (Å²) in [5, 5.41) is 0. The van der Waals surface area contributed by atoms with Crippen LogP contribution in [0.25, 0.3) is 0 Å². The van der Waals surface area contributed by atoms with E-state index in [1.807, 2.05) is 13.8 Å². The highest BCUT2D eigenvalue weighted by Gasteiger charge is 2.17. The fourth-order valence-electron chi connectivity index (χ4n) is 0.511. The maximum absolute atomic E-state index is 10.8. The zero-order valence-corrected chi connectivity index (χ0v) is 6.76. The molecule has 3 nitrogen and oxygen atoms in total. The van der Waals surface area contributed by atoms with Gasteiger partial charge in [-0.15, -0.1) is 0 Å². The van der Waals surface area contributed by atoms with Gasteiger partial charge in [-0.2, -0.15) is 0 Å². The summed E-state index contributed by atoms with van der Waals surface area (Å²) in [5.74, 6) is -0.156. The number of carbonyl (C=O) groups excluding carboxylic acids is 1. The summed E-state index contributed by atoms with van der Waals surface area (Å²) in [5.41, 5.74) is 5.47. The molecule has 10 heavy (non-hydrogen) atoms. The zero-order valence-electron chi connectivity index (χ0n) is 6.76. The predicted octanol–water partition coefficient (Wildman–Crippen LogP) is 0.533. The maximum Gasteiger partial charge on any atom is 0.323 e. The lowest BCUT2D eigenvalue weighted by atomic mass is 10.1. The Bertz CT molecular complexity index is 112. The molecule has 0 saturated heterocycles. The molecule has 1 atom stereocenters. The van der Waals surface area contributed by atoms with Gasteiger partial charge in [-0.05, 0) is 12.8 Å². The van der Waals surface area contributed by atoms with Crippen LogP contribution in [0.3, 0.4) is 0 Å². The van der Waals surface area contributed by atoms with E-state index in [1.165, 1.54) is 0 Å². The van der Waals surface area contributed by atoms with Crippen molar-refractivity contribution in [3.8, 4) is 0 Å². The molecule has 0 aromatic carbocycles. The van der Waals surface area contributed by atoms with E-state index >= 15 is 0 Å². The van der Waals surface area contributed by atoms with E-state index in [4.69, 9.17) is 10.5 Å². The topological polar surface area (TPSA) is 52.3 Å². The molecule has 0 heterocycles. The molecule has 0 aliphatic carbocycles. The summed E-state index contributed by atoms with van der Waals surface area (Å²) in [7, 11) is 0. The molecule has 1 unspecified atom stereocenters. The van der Waals surface area contributed by atoms with Crippen LogP contribution in [-0.2, 0) is 9.53 Å². The first-order valence-corrected chi connectivity index (χ1v) is 3.51. The largest absolute Gasteiger partial charge is 0.465 e. The maximum atomic E-state index is 10.8. The number of nitrogens with two attached hydrogens (primary N) is 1. The summed E-state index contributed by atoms with van der Waals surface area (Å²) in [6, 6.07) is -0.472. The molecule has 0 radical (unpaired) electrons. The number of hydrogen-bond donors (Lipinski definition) is 1. The van der Waals surface area contributed by atoms with E-state index < -0.39 is 6.04 Å². The van der Waals surface area contributed by atoms with Gasteiger partial charge in [-0.3, -0.25) is 4.79 Å². The highest BCUT2D eigenvalue weighted by Crippen LogP contribution is 1.99. The third-order valence-electron chi connectivity index (χ3n) is 1.28. The van der Waals surface area contributed by atoms with Gasteiger partial charge in [-0.1, -0.05) is 13.8 Å². The van der Waals surface area contributed by atoms with Gasteiger partial charge in [0.15, 0.2) is 0 Å². The van der Waals surface area contributed by atoms with Gasteiger partial charge >= 0.3 is 5.97 Å². The molecule has 2 N–H and O–H groups in total. The molecule has 0 saturated carbocycles. The van der Waals surface area contributed by atoms with E-state index in [1.54, 1.807) is 6.92 Å². The van der Waals surface area contributed by atoms with Crippen LogP contribution in [-0.4, -0.2) is 18.6 Å². The minimum atomic E-state index is -0.472. The summed E-state index contributed by atoms with van der Waals surface area (Å²) >= 11 is 0. The Morgan fingerprint density at radius 1 is 1.60 bits per heavy atom. The van der Waals surface area contributed by atoms with Crippen LogP contribution in [0.4, 0.5) is 0 Å². The molecule has 3 heteroatoms. The van der Waals surface area contributed by atoms with E-state index in [0.717, 1.165) is 0 Å². The number of hydrogen-bond acceptors (Lipinski definition) is 3. The number of esters is 1. The van der Waals surface area contributed by atoms with E-state index in [2.05, 4.69) is 0 Å². The molecule has 0 aliphatic rings. The van der Waals surface area contributed by atoms with Gasteiger partial charge in [0.05, 0.1) is 6.61 Å². The van der Waals surface area contributed by atoms with Crippen molar-refractivity contribution in [1.29, 1.82) is 0 Å². The van der Waals surface area contributed by atoms with Gasteiger partial charge in [0.1, 0.15) is 6.04 Å². The summed E-state index contributed by atoms with van der Waals surface area (Å²) in [4.78, 5) is 10.8. The Hall–Kier alpha value is -0.570. The van der Waals surface area contributed by atoms with Crippen LogP contribution >= 0.6 is 0 Å². The van der Waals surface area contributed by atoms with Crippen molar-refractivity contribution in [1.82, 2.24) is 0 Å². The van der Waals surface area contributed by atoms with Gasteiger partial charge in [-0.25, -0.2) is 0 Å². The lowest BCUT2D eigenvalue weighted by molar-refractivity contribution is -0.145. The molecule has 0 fully saturated rings. The Balaban J connectivity index is 3.71. The second kappa shape index (κ2) is 4.28. The van der Waals surface area contributed by atoms with Crippen molar-refractivity contribution in [3.05, 3.63) is 0 Å². The molecule has 0 bridgehead atoms. The van der Waals surface area contributed by atoms with Crippen LogP contribution in [0.1, 0.15) is 20.8 Å². The van der Waals surface area contributed by atoms with Gasteiger partial charge in [0.2, 0.25) is 0 Å². The van der Waals surface area contributed by atoms with Crippen molar-refractivity contribution in [2.75, 3.05) is 6.61 Å². The second-order valence-corrected chi connectivity index (χ2v) is 2.52. The minimum absolute atomic E-state index is 0.152. The predicted molar refractivity (Wildman–Crippen MR) is 39.4 cm³/mol. The van der Waals surface area contributed by atoms with E-state index in [-0.39, 0.29) is 11.9 Å². The van der Waals surface area contributed by atoms with Crippen LogP contribution in [0.5, 0.6) is 0 Å². The fraction of sp³-hybridized carbons (Fsp3) is 0.857. The number of rotatable bonds is 3. The molecule has 0 rings (SSSR count). The highest BCUT2D eigenvalue weighted by molar-refractivity contribution is 5.75. The Labute approximate surface area is 61.5 Å². The lowest BCUT2D eigenvalue weighted by Gasteiger charge is -2.12. The van der Waals surface area contributed by atoms with Crippen molar-refractivity contribution in [2.24, 2.45) is 11.7 Å². The summed E-state index contributed by atoms with van der Waals surface area (Å²) in [6.07, 6.45) is 0. The molecule has 60 valence electrons. The fourth-order valence-corrected chi connectivity index (χ4v) is 0.511. The third kappa shape index (κ3) is 2.82. The molecular formula is C7H15NO2. The summed E-state index contributed by atoms with van der Waals surface area (Å²) in [6.45, 7) is 5.95. The summed E-state index contributed by atoms with van der Waals surface area (Å²) < 4.78 is 4.70. The first kappa shape index (κ1) is 9.43. The van der Waals surface area contributed by atoms with Crippen molar-refractivity contribution >= 4 is 5.97 Å². The standard InChI is InChI=1S/C7H15NO2/c1-4-10-7(9)6(8)5(2)3/h5-6H,4,8H2,1-3H3. The molecule has 0 amide bonds. The Morgan fingerprint density at radius 2 is 2.10 bits per heavy atom. The molecule has 0 aromatic rings. The van der Waals surface area contributed by atoms with Gasteiger partial charge in [0, 0.05) is 0 Å². The minimum Gasteiger partial charge on any atom is -0.465 e. The van der Waals surface area contributed by atoms with Crippen molar-refractivity contribution < 1.29 is 9.53 Å². The van der Waals surface area contributed by atoms with Crippen LogP contribution < -0.4 is 5.73 Å². The molecular weight excluding hydrogens is 130 g/mol. The first-order valence-electron chi connectivity index (χ1n) is 3.51.